The monoisotopic (exact) mass is 385 g/mol. The van der Waals surface area contributed by atoms with Crippen molar-refractivity contribution in [2.75, 3.05) is 6.61 Å². The third kappa shape index (κ3) is 3.30. The van der Waals surface area contributed by atoms with Crippen molar-refractivity contribution < 1.29 is 9.84 Å². The van der Waals surface area contributed by atoms with Crippen LogP contribution in [-0.4, -0.2) is 22.3 Å². The Hall–Kier alpha value is -0.720. The fraction of sp³-hybridized carbons (Fsp3) is 0.438. The number of benzene rings is 1. The molecule has 1 aromatic carbocycles. The first kappa shape index (κ1) is 15.7. The highest BCUT2D eigenvalue weighted by Gasteiger charge is 2.24. The van der Waals surface area contributed by atoms with Crippen LogP contribution in [0.1, 0.15) is 38.1 Å². The molecular formula is C16H20INO2. The lowest BCUT2D eigenvalue weighted by atomic mass is 10.0. The normalized spacial score (nSPS) is 13.7. The van der Waals surface area contributed by atoms with E-state index in [0.29, 0.717) is 0 Å². The molecule has 1 aromatic heterocycles. The Labute approximate surface area is 133 Å². The quantitative estimate of drug-likeness (QED) is 0.813. The van der Waals surface area contributed by atoms with E-state index in [2.05, 4.69) is 33.6 Å². The number of aliphatic hydroxyl groups excluding tert-OH is 1. The number of nitrogens with zero attached hydrogens (tertiary/aromatic N) is 1. The molecule has 2 rings (SSSR count). The molecule has 0 spiro atoms. The van der Waals surface area contributed by atoms with Crippen LogP contribution in [-0.2, 0) is 4.74 Å². The first-order chi connectivity index (χ1) is 9.33. The number of rotatable bonds is 3. The molecule has 4 heteroatoms. The predicted molar refractivity (Wildman–Crippen MR) is 89.9 cm³/mol. The molecule has 0 aliphatic rings. The van der Waals surface area contributed by atoms with E-state index in [9.17, 15) is 5.11 Å². The Morgan fingerprint density at radius 1 is 1.30 bits per heavy atom. The summed E-state index contributed by atoms with van der Waals surface area (Å²) in [4.78, 5) is 4.64. The van der Waals surface area contributed by atoms with Gasteiger partial charge in [0, 0.05) is 20.2 Å². The topological polar surface area (TPSA) is 42.4 Å². The molecular weight excluding hydrogens is 365 g/mol. The summed E-state index contributed by atoms with van der Waals surface area (Å²) in [5.41, 5.74) is 2.57. The number of pyridine rings is 1. The lowest BCUT2D eigenvalue weighted by Crippen LogP contribution is -2.26. The Morgan fingerprint density at radius 2 is 1.95 bits per heavy atom. The van der Waals surface area contributed by atoms with Crippen molar-refractivity contribution in [2.45, 2.75) is 39.4 Å². The lowest BCUT2D eigenvalue weighted by Gasteiger charge is -2.28. The smallest absolute Gasteiger partial charge is 0.109 e. The van der Waals surface area contributed by atoms with Gasteiger partial charge in [0.25, 0.3) is 0 Å². The third-order valence-electron chi connectivity index (χ3n) is 3.04. The number of aliphatic hydroxyl groups is 1. The van der Waals surface area contributed by atoms with Gasteiger partial charge >= 0.3 is 0 Å². The van der Waals surface area contributed by atoms with Gasteiger partial charge in [-0.25, -0.2) is 0 Å². The second-order valence-electron chi connectivity index (χ2n) is 5.84. The SMILES string of the molecule is Cc1nc2ccccc2c(I)c1[C@@H](CO)OC(C)(C)C. The van der Waals surface area contributed by atoms with Crippen LogP contribution in [0.3, 0.4) is 0 Å². The zero-order chi connectivity index (χ0) is 14.9. The minimum absolute atomic E-state index is 0.0475. The molecule has 20 heavy (non-hydrogen) atoms. The molecule has 3 nitrogen and oxygen atoms in total. The van der Waals surface area contributed by atoms with Gasteiger partial charge in [0.1, 0.15) is 6.10 Å². The van der Waals surface area contributed by atoms with Crippen molar-refractivity contribution in [2.24, 2.45) is 0 Å². The fourth-order valence-electron chi connectivity index (χ4n) is 2.29. The van der Waals surface area contributed by atoms with E-state index < -0.39 is 0 Å². The van der Waals surface area contributed by atoms with Crippen LogP contribution in [0.15, 0.2) is 24.3 Å². The highest BCUT2D eigenvalue weighted by atomic mass is 127. The van der Waals surface area contributed by atoms with Gasteiger partial charge in [-0.3, -0.25) is 4.98 Å². The van der Waals surface area contributed by atoms with Gasteiger partial charge in [0.05, 0.1) is 17.7 Å². The molecule has 0 amide bonds. The van der Waals surface area contributed by atoms with Gasteiger partial charge in [-0.15, -0.1) is 0 Å². The van der Waals surface area contributed by atoms with Crippen LogP contribution >= 0.6 is 22.6 Å². The molecule has 0 fully saturated rings. The molecule has 1 N–H and O–H groups in total. The summed E-state index contributed by atoms with van der Waals surface area (Å²) in [6.07, 6.45) is -0.348. The van der Waals surface area contributed by atoms with Crippen LogP contribution in [0.2, 0.25) is 0 Å². The van der Waals surface area contributed by atoms with Crippen molar-refractivity contribution >= 4 is 33.5 Å². The minimum atomic E-state index is -0.348. The van der Waals surface area contributed by atoms with E-state index in [-0.39, 0.29) is 18.3 Å². The summed E-state index contributed by atoms with van der Waals surface area (Å²) in [5.74, 6) is 0. The number of hydrogen-bond acceptors (Lipinski definition) is 3. The summed E-state index contributed by atoms with van der Waals surface area (Å²) in [6.45, 7) is 7.90. The highest BCUT2D eigenvalue weighted by Crippen LogP contribution is 2.33. The first-order valence-electron chi connectivity index (χ1n) is 6.67. The highest BCUT2D eigenvalue weighted by molar-refractivity contribution is 14.1. The molecule has 1 atom stereocenters. The summed E-state index contributed by atoms with van der Waals surface area (Å²) in [7, 11) is 0. The third-order valence-corrected chi connectivity index (χ3v) is 4.20. The molecule has 0 unspecified atom stereocenters. The van der Waals surface area contributed by atoms with Gasteiger partial charge in [-0.1, -0.05) is 18.2 Å². The zero-order valence-corrected chi connectivity index (χ0v) is 14.4. The standard InChI is InChI=1S/C16H20INO2/c1-10-14(13(9-19)20-16(2,3)4)15(17)11-7-5-6-8-12(11)18-10/h5-8,13,19H,9H2,1-4H3/t13-/m1/s1. The van der Waals surface area contributed by atoms with Crippen molar-refractivity contribution in [1.29, 1.82) is 0 Å². The van der Waals surface area contributed by atoms with Gasteiger partial charge in [-0.05, 0) is 56.4 Å². The first-order valence-corrected chi connectivity index (χ1v) is 7.75. The molecule has 2 aromatic rings. The van der Waals surface area contributed by atoms with Crippen LogP contribution in [0.25, 0.3) is 10.9 Å². The second-order valence-corrected chi connectivity index (χ2v) is 6.92. The minimum Gasteiger partial charge on any atom is -0.393 e. The van der Waals surface area contributed by atoms with Crippen LogP contribution in [0.4, 0.5) is 0 Å². The largest absolute Gasteiger partial charge is 0.393 e. The zero-order valence-electron chi connectivity index (χ0n) is 12.3. The van der Waals surface area contributed by atoms with E-state index in [4.69, 9.17) is 4.74 Å². The van der Waals surface area contributed by atoms with E-state index in [0.717, 1.165) is 25.7 Å². The van der Waals surface area contributed by atoms with Crippen LogP contribution in [0.5, 0.6) is 0 Å². The number of hydrogen-bond donors (Lipinski definition) is 1. The Balaban J connectivity index is 2.57. The number of fused-ring (bicyclic) bond motifs is 1. The molecule has 0 aliphatic heterocycles. The number of halogens is 1. The van der Waals surface area contributed by atoms with Crippen molar-refractivity contribution in [1.82, 2.24) is 4.98 Å². The average Bonchev–Trinajstić information content (AvgIpc) is 2.36. The van der Waals surface area contributed by atoms with Crippen molar-refractivity contribution in [3.05, 3.63) is 39.1 Å². The van der Waals surface area contributed by atoms with Gasteiger partial charge in [-0.2, -0.15) is 0 Å². The molecule has 0 saturated carbocycles. The Bertz CT molecular complexity index is 620. The number of ether oxygens (including phenoxy) is 1. The fourth-order valence-corrected chi connectivity index (χ4v) is 3.48. The molecule has 1 heterocycles. The Morgan fingerprint density at radius 3 is 2.55 bits per heavy atom. The molecule has 0 aliphatic carbocycles. The summed E-state index contributed by atoms with van der Waals surface area (Å²) >= 11 is 2.32. The predicted octanol–water partition coefficient (Wildman–Crippen LogP) is 4.00. The maximum absolute atomic E-state index is 9.71. The maximum Gasteiger partial charge on any atom is 0.109 e. The van der Waals surface area contributed by atoms with Crippen LogP contribution < -0.4 is 0 Å². The molecule has 0 bridgehead atoms. The molecule has 0 radical (unpaired) electrons. The van der Waals surface area contributed by atoms with E-state index in [1.54, 1.807) is 0 Å². The summed E-state index contributed by atoms with van der Waals surface area (Å²) < 4.78 is 7.09. The van der Waals surface area contributed by atoms with Gasteiger partial charge in [0.2, 0.25) is 0 Å². The van der Waals surface area contributed by atoms with Crippen molar-refractivity contribution in [3.63, 3.8) is 0 Å². The van der Waals surface area contributed by atoms with Gasteiger partial charge < -0.3 is 9.84 Å². The summed E-state index contributed by atoms with van der Waals surface area (Å²) in [6, 6.07) is 8.05. The number of aryl methyl sites for hydroxylation is 1. The van der Waals surface area contributed by atoms with E-state index in [1.165, 1.54) is 0 Å². The Kier molecular flexibility index (Phi) is 4.66. The second kappa shape index (κ2) is 5.95. The van der Waals surface area contributed by atoms with E-state index >= 15 is 0 Å². The number of para-hydroxylation sites is 1. The maximum atomic E-state index is 9.71. The molecule has 0 saturated heterocycles. The summed E-state index contributed by atoms with van der Waals surface area (Å²) in [5, 5.41) is 10.8. The lowest BCUT2D eigenvalue weighted by molar-refractivity contribution is -0.0828. The number of aromatic nitrogens is 1. The van der Waals surface area contributed by atoms with Crippen molar-refractivity contribution in [3.8, 4) is 0 Å². The average molecular weight is 385 g/mol. The van der Waals surface area contributed by atoms with E-state index in [1.807, 2.05) is 45.9 Å². The molecule has 108 valence electrons. The van der Waals surface area contributed by atoms with Gasteiger partial charge in [0.15, 0.2) is 0 Å². The van der Waals surface area contributed by atoms with Crippen LogP contribution in [0, 0.1) is 10.5 Å².